The molecule has 7 heteroatoms. The quantitative estimate of drug-likeness (QED) is 0.831. The second kappa shape index (κ2) is 5.81. The number of carbonyl (C=O) groups is 2. The van der Waals surface area contributed by atoms with E-state index in [9.17, 15) is 9.59 Å². The average molecular weight is 308 g/mol. The number of rotatable bonds is 3. The van der Waals surface area contributed by atoms with Gasteiger partial charge in [-0.2, -0.15) is 0 Å². The molecule has 0 aliphatic carbocycles. The van der Waals surface area contributed by atoms with Crippen LogP contribution in [0.1, 0.15) is 41.1 Å². The van der Waals surface area contributed by atoms with Crippen LogP contribution in [0.15, 0.2) is 4.52 Å². The molecule has 1 atom stereocenters. The number of aryl methyl sites for hydroxylation is 1. The van der Waals surface area contributed by atoms with Gasteiger partial charge in [-0.25, -0.2) is 0 Å². The lowest BCUT2D eigenvalue weighted by Gasteiger charge is -2.36. The molecule has 2 aliphatic rings. The number of aromatic nitrogens is 1. The van der Waals surface area contributed by atoms with Crippen LogP contribution in [0.5, 0.6) is 0 Å². The van der Waals surface area contributed by atoms with Gasteiger partial charge in [0.2, 0.25) is 0 Å². The fraction of sp³-hybridized carbons (Fsp3) is 0.667. The van der Waals surface area contributed by atoms with E-state index in [2.05, 4.69) is 5.16 Å². The summed E-state index contributed by atoms with van der Waals surface area (Å²) in [5.74, 6) is 0.257. The Labute approximate surface area is 128 Å². The van der Waals surface area contributed by atoms with Crippen molar-refractivity contribution in [2.24, 2.45) is 0 Å². The maximum absolute atomic E-state index is 12.6. The van der Waals surface area contributed by atoms with Gasteiger partial charge in [0.05, 0.1) is 18.7 Å². The Balaban J connectivity index is 1.75. The zero-order valence-corrected chi connectivity index (χ0v) is 12.9. The largest absolute Gasteiger partial charge is 0.380 e. The summed E-state index contributed by atoms with van der Waals surface area (Å²) < 4.78 is 15.8. The molecule has 22 heavy (non-hydrogen) atoms. The van der Waals surface area contributed by atoms with Crippen LogP contribution in [0.2, 0.25) is 0 Å². The van der Waals surface area contributed by atoms with Gasteiger partial charge >= 0.3 is 0 Å². The van der Waals surface area contributed by atoms with Crippen LogP contribution in [0.4, 0.5) is 0 Å². The fourth-order valence-corrected chi connectivity index (χ4v) is 3.16. The number of Topliss-reactive ketones (excluding diaryl/α,β-unsaturated/α-hetero) is 1. The van der Waals surface area contributed by atoms with Gasteiger partial charge in [0, 0.05) is 26.7 Å². The van der Waals surface area contributed by atoms with Crippen molar-refractivity contribution in [3.8, 4) is 0 Å². The van der Waals surface area contributed by atoms with Gasteiger partial charge in [0.25, 0.3) is 5.91 Å². The van der Waals surface area contributed by atoms with Gasteiger partial charge < -0.3 is 18.9 Å². The number of methoxy groups -OCH3 is 1. The van der Waals surface area contributed by atoms with Crippen LogP contribution in [0, 0.1) is 6.92 Å². The molecule has 3 heterocycles. The van der Waals surface area contributed by atoms with Crippen LogP contribution >= 0.6 is 0 Å². The first-order chi connectivity index (χ1) is 10.6. The van der Waals surface area contributed by atoms with E-state index >= 15 is 0 Å². The van der Waals surface area contributed by atoms with Crippen molar-refractivity contribution in [2.75, 3.05) is 26.8 Å². The number of nitrogens with zero attached hydrogens (tertiary/aromatic N) is 2. The molecule has 0 aromatic carbocycles. The highest BCUT2D eigenvalue weighted by atomic mass is 16.5. The standard InChI is InChI=1S/C15H20N2O5/c1-10-11(9-20-2)13(16-22-10)14(19)17-6-5-15(12(18)8-17)4-3-7-21-15/h3-9H2,1-2H3. The summed E-state index contributed by atoms with van der Waals surface area (Å²) in [7, 11) is 1.55. The fourth-order valence-electron chi connectivity index (χ4n) is 3.16. The van der Waals surface area contributed by atoms with Crippen molar-refractivity contribution in [3.05, 3.63) is 17.0 Å². The predicted molar refractivity (Wildman–Crippen MR) is 75.4 cm³/mol. The van der Waals surface area contributed by atoms with Gasteiger partial charge in [-0.1, -0.05) is 5.16 Å². The molecular weight excluding hydrogens is 288 g/mol. The minimum absolute atomic E-state index is 0.0156. The van der Waals surface area contributed by atoms with E-state index in [0.29, 0.717) is 30.9 Å². The van der Waals surface area contributed by atoms with Crippen molar-refractivity contribution in [1.82, 2.24) is 10.1 Å². The topological polar surface area (TPSA) is 81.9 Å². The van der Waals surface area contributed by atoms with Crippen molar-refractivity contribution in [1.29, 1.82) is 0 Å². The number of ketones is 1. The van der Waals surface area contributed by atoms with Crippen LogP contribution in [-0.2, 0) is 20.9 Å². The number of hydrogen-bond donors (Lipinski definition) is 0. The average Bonchev–Trinajstić information content (AvgIpc) is 3.11. The molecule has 1 unspecified atom stereocenters. The predicted octanol–water partition coefficient (Wildman–Crippen LogP) is 1.09. The lowest BCUT2D eigenvalue weighted by atomic mass is 9.87. The maximum Gasteiger partial charge on any atom is 0.276 e. The summed E-state index contributed by atoms with van der Waals surface area (Å²) in [5, 5.41) is 3.83. The van der Waals surface area contributed by atoms with Crippen molar-refractivity contribution in [2.45, 2.75) is 38.4 Å². The lowest BCUT2D eigenvalue weighted by molar-refractivity contribution is -0.144. The number of carbonyl (C=O) groups excluding carboxylic acids is 2. The molecule has 0 bridgehead atoms. The lowest BCUT2D eigenvalue weighted by Crippen LogP contribution is -2.54. The summed E-state index contributed by atoms with van der Waals surface area (Å²) in [4.78, 5) is 26.5. The van der Waals surface area contributed by atoms with Crippen molar-refractivity contribution < 1.29 is 23.6 Å². The zero-order chi connectivity index (χ0) is 15.7. The molecule has 1 aromatic heterocycles. The van der Waals surface area contributed by atoms with E-state index < -0.39 is 5.60 Å². The summed E-state index contributed by atoms with van der Waals surface area (Å²) >= 11 is 0. The smallest absolute Gasteiger partial charge is 0.276 e. The van der Waals surface area contributed by atoms with Crippen LogP contribution in [0.25, 0.3) is 0 Å². The van der Waals surface area contributed by atoms with E-state index in [1.165, 1.54) is 4.90 Å². The Hall–Kier alpha value is -1.73. The number of ether oxygens (including phenoxy) is 2. The first-order valence-corrected chi connectivity index (χ1v) is 7.48. The Bertz CT molecular complexity index is 589. The normalized spacial score (nSPS) is 25.2. The highest BCUT2D eigenvalue weighted by Gasteiger charge is 2.46. The number of piperidine rings is 1. The van der Waals surface area contributed by atoms with Crippen LogP contribution < -0.4 is 0 Å². The summed E-state index contributed by atoms with van der Waals surface area (Å²) in [6.07, 6.45) is 2.21. The minimum atomic E-state index is -0.661. The summed E-state index contributed by atoms with van der Waals surface area (Å²) in [6.45, 7) is 3.17. The van der Waals surface area contributed by atoms with Gasteiger partial charge in [-0.3, -0.25) is 9.59 Å². The summed E-state index contributed by atoms with van der Waals surface area (Å²) in [6, 6.07) is 0. The first-order valence-electron chi connectivity index (χ1n) is 7.48. The van der Waals surface area contributed by atoms with Gasteiger partial charge in [-0.05, 0) is 19.8 Å². The SMILES string of the molecule is COCc1c(C(=O)N2CCC3(CCCO3)C(=O)C2)noc1C. The van der Waals surface area contributed by atoms with Gasteiger partial charge in [0.1, 0.15) is 11.4 Å². The molecule has 0 saturated carbocycles. The third kappa shape index (κ3) is 2.44. The number of likely N-dealkylation sites (tertiary alicyclic amines) is 1. The van der Waals surface area contributed by atoms with Crippen molar-refractivity contribution in [3.63, 3.8) is 0 Å². The minimum Gasteiger partial charge on any atom is -0.380 e. The molecule has 1 spiro atoms. The molecule has 2 saturated heterocycles. The molecular formula is C15H20N2O5. The second-order valence-corrected chi connectivity index (χ2v) is 5.85. The molecule has 1 amide bonds. The van der Waals surface area contributed by atoms with Gasteiger partial charge in [0.15, 0.2) is 11.5 Å². The number of hydrogen-bond acceptors (Lipinski definition) is 6. The number of amides is 1. The Morgan fingerprint density at radius 2 is 2.27 bits per heavy atom. The molecule has 3 rings (SSSR count). The van der Waals surface area contributed by atoms with Gasteiger partial charge in [-0.15, -0.1) is 0 Å². The van der Waals surface area contributed by atoms with E-state index in [0.717, 1.165) is 12.8 Å². The van der Waals surface area contributed by atoms with Crippen LogP contribution in [0.3, 0.4) is 0 Å². The van der Waals surface area contributed by atoms with E-state index in [1.807, 2.05) is 0 Å². The van der Waals surface area contributed by atoms with Crippen molar-refractivity contribution >= 4 is 11.7 Å². The highest BCUT2D eigenvalue weighted by molar-refractivity contribution is 5.99. The molecule has 0 N–H and O–H groups in total. The highest BCUT2D eigenvalue weighted by Crippen LogP contribution is 2.33. The molecule has 2 fully saturated rings. The zero-order valence-electron chi connectivity index (χ0n) is 12.9. The Kier molecular flexibility index (Phi) is 4.01. The third-order valence-corrected chi connectivity index (χ3v) is 4.49. The van der Waals surface area contributed by atoms with E-state index in [4.69, 9.17) is 14.0 Å². The Morgan fingerprint density at radius 1 is 1.45 bits per heavy atom. The molecule has 120 valence electrons. The second-order valence-electron chi connectivity index (χ2n) is 5.85. The third-order valence-electron chi connectivity index (χ3n) is 4.49. The van der Waals surface area contributed by atoms with E-state index in [-0.39, 0.29) is 30.5 Å². The molecule has 0 radical (unpaired) electrons. The van der Waals surface area contributed by atoms with E-state index in [1.54, 1.807) is 14.0 Å². The Morgan fingerprint density at radius 3 is 2.91 bits per heavy atom. The monoisotopic (exact) mass is 308 g/mol. The molecule has 1 aromatic rings. The van der Waals surface area contributed by atoms with Crippen LogP contribution in [-0.4, -0.2) is 54.2 Å². The molecule has 7 nitrogen and oxygen atoms in total. The molecule has 2 aliphatic heterocycles. The first kappa shape index (κ1) is 15.2. The maximum atomic E-state index is 12.6. The summed E-state index contributed by atoms with van der Waals surface area (Å²) in [5.41, 5.74) is 0.207.